The van der Waals surface area contributed by atoms with Crippen LogP contribution in [0, 0.1) is 5.92 Å². The molecule has 20 heavy (non-hydrogen) atoms. The molecular formula is C14H20F2N2O2. The van der Waals surface area contributed by atoms with Crippen molar-refractivity contribution in [2.45, 2.75) is 39.5 Å². The third-order valence-electron chi connectivity index (χ3n) is 3.20. The van der Waals surface area contributed by atoms with Crippen molar-refractivity contribution in [3.8, 4) is 5.75 Å². The molecule has 0 aliphatic carbocycles. The maximum Gasteiger partial charge on any atom is 0.387 e. The maximum absolute atomic E-state index is 12.2. The van der Waals surface area contributed by atoms with Crippen molar-refractivity contribution in [1.29, 1.82) is 0 Å². The van der Waals surface area contributed by atoms with Gasteiger partial charge in [-0.2, -0.15) is 8.78 Å². The first kappa shape index (κ1) is 16.4. The third-order valence-corrected chi connectivity index (χ3v) is 3.20. The van der Waals surface area contributed by atoms with Gasteiger partial charge in [0, 0.05) is 12.1 Å². The molecule has 112 valence electrons. The van der Waals surface area contributed by atoms with E-state index in [1.165, 1.54) is 6.07 Å². The van der Waals surface area contributed by atoms with Crippen LogP contribution in [0.3, 0.4) is 0 Å². The summed E-state index contributed by atoms with van der Waals surface area (Å²) >= 11 is 0. The van der Waals surface area contributed by atoms with E-state index in [0.717, 1.165) is 6.42 Å². The standard InChI is InChI=1S/C14H20F2N2O2/c1-3-9(2)12(17)13(19)18-8-10-6-4-5-7-11(10)20-14(15)16/h4-7,9,12,14H,3,8,17H2,1-2H3,(H,18,19)/t9-,12-/m0/s1. The largest absolute Gasteiger partial charge is 0.434 e. The fraction of sp³-hybridized carbons (Fsp3) is 0.500. The van der Waals surface area contributed by atoms with E-state index >= 15 is 0 Å². The predicted octanol–water partition coefficient (Wildman–Crippen LogP) is 2.28. The first-order valence-electron chi connectivity index (χ1n) is 6.51. The molecule has 0 radical (unpaired) electrons. The van der Waals surface area contributed by atoms with Crippen LogP contribution in [0.5, 0.6) is 5.75 Å². The Kier molecular flexibility index (Phi) is 6.38. The Balaban J connectivity index is 2.63. The molecule has 1 aromatic carbocycles. The molecule has 0 aromatic heterocycles. The first-order valence-corrected chi connectivity index (χ1v) is 6.51. The van der Waals surface area contributed by atoms with Crippen molar-refractivity contribution in [3.05, 3.63) is 29.8 Å². The van der Waals surface area contributed by atoms with Gasteiger partial charge in [-0.3, -0.25) is 4.79 Å². The first-order chi connectivity index (χ1) is 9.45. The van der Waals surface area contributed by atoms with Crippen molar-refractivity contribution >= 4 is 5.91 Å². The summed E-state index contributed by atoms with van der Waals surface area (Å²) in [5.41, 5.74) is 6.27. The highest BCUT2D eigenvalue weighted by Crippen LogP contribution is 2.20. The normalized spacial score (nSPS) is 13.9. The molecule has 3 N–H and O–H groups in total. The van der Waals surface area contributed by atoms with Crippen LogP contribution in [0.1, 0.15) is 25.8 Å². The van der Waals surface area contributed by atoms with Gasteiger partial charge in [0.15, 0.2) is 0 Å². The molecule has 2 atom stereocenters. The second kappa shape index (κ2) is 7.79. The van der Waals surface area contributed by atoms with Crippen LogP contribution in [0.15, 0.2) is 24.3 Å². The Bertz CT molecular complexity index is 441. The van der Waals surface area contributed by atoms with E-state index in [-0.39, 0.29) is 24.1 Å². The zero-order valence-electron chi connectivity index (χ0n) is 11.6. The van der Waals surface area contributed by atoms with E-state index in [1.807, 2.05) is 13.8 Å². The number of nitrogens with two attached hydrogens (primary N) is 1. The predicted molar refractivity (Wildman–Crippen MR) is 72.4 cm³/mol. The topological polar surface area (TPSA) is 64.4 Å². The third kappa shape index (κ3) is 4.77. The highest BCUT2D eigenvalue weighted by atomic mass is 19.3. The van der Waals surface area contributed by atoms with Gasteiger partial charge in [0.25, 0.3) is 0 Å². The van der Waals surface area contributed by atoms with Crippen molar-refractivity contribution in [1.82, 2.24) is 5.32 Å². The van der Waals surface area contributed by atoms with E-state index in [0.29, 0.717) is 5.56 Å². The van der Waals surface area contributed by atoms with Crippen molar-refractivity contribution < 1.29 is 18.3 Å². The molecular weight excluding hydrogens is 266 g/mol. The van der Waals surface area contributed by atoms with E-state index in [1.54, 1.807) is 18.2 Å². The molecule has 0 bridgehead atoms. The van der Waals surface area contributed by atoms with E-state index in [9.17, 15) is 13.6 Å². The highest BCUT2D eigenvalue weighted by molar-refractivity contribution is 5.81. The number of alkyl halides is 2. The Hall–Kier alpha value is -1.69. The van der Waals surface area contributed by atoms with E-state index in [4.69, 9.17) is 5.73 Å². The van der Waals surface area contributed by atoms with Crippen LogP contribution >= 0.6 is 0 Å². The molecule has 0 aliphatic rings. The maximum atomic E-state index is 12.2. The molecule has 1 amide bonds. The fourth-order valence-corrected chi connectivity index (χ4v) is 1.67. The van der Waals surface area contributed by atoms with Crippen LogP contribution in [0.2, 0.25) is 0 Å². The van der Waals surface area contributed by atoms with Gasteiger partial charge in [0.1, 0.15) is 5.75 Å². The van der Waals surface area contributed by atoms with Crippen molar-refractivity contribution in [2.75, 3.05) is 0 Å². The van der Waals surface area contributed by atoms with E-state index < -0.39 is 12.7 Å². The number of para-hydroxylation sites is 1. The van der Waals surface area contributed by atoms with E-state index in [2.05, 4.69) is 10.1 Å². The summed E-state index contributed by atoms with van der Waals surface area (Å²) in [4.78, 5) is 11.8. The molecule has 0 saturated heterocycles. The number of nitrogens with one attached hydrogen (secondary N) is 1. The van der Waals surface area contributed by atoms with Gasteiger partial charge in [-0.05, 0) is 12.0 Å². The lowest BCUT2D eigenvalue weighted by molar-refractivity contribution is -0.123. The number of hydrogen-bond donors (Lipinski definition) is 2. The minimum absolute atomic E-state index is 0.0555. The fourth-order valence-electron chi connectivity index (χ4n) is 1.67. The molecule has 0 spiro atoms. The molecule has 0 saturated carbocycles. The van der Waals surface area contributed by atoms with Gasteiger partial charge in [0.2, 0.25) is 5.91 Å². The molecule has 0 heterocycles. The average molecular weight is 286 g/mol. The zero-order valence-corrected chi connectivity index (χ0v) is 11.6. The van der Waals surface area contributed by atoms with Crippen molar-refractivity contribution in [3.63, 3.8) is 0 Å². The number of halogens is 2. The molecule has 0 aliphatic heterocycles. The Morgan fingerprint density at radius 1 is 1.40 bits per heavy atom. The monoisotopic (exact) mass is 286 g/mol. The number of amides is 1. The highest BCUT2D eigenvalue weighted by Gasteiger charge is 2.19. The Morgan fingerprint density at radius 2 is 2.05 bits per heavy atom. The lowest BCUT2D eigenvalue weighted by Gasteiger charge is -2.18. The van der Waals surface area contributed by atoms with Gasteiger partial charge >= 0.3 is 6.61 Å². The number of hydrogen-bond acceptors (Lipinski definition) is 3. The van der Waals surface area contributed by atoms with Crippen LogP contribution in [-0.2, 0) is 11.3 Å². The number of carbonyl (C=O) groups is 1. The smallest absolute Gasteiger partial charge is 0.387 e. The lowest BCUT2D eigenvalue weighted by atomic mass is 9.99. The Morgan fingerprint density at radius 3 is 2.65 bits per heavy atom. The van der Waals surface area contributed by atoms with Gasteiger partial charge < -0.3 is 15.8 Å². The second-order valence-corrected chi connectivity index (χ2v) is 4.62. The van der Waals surface area contributed by atoms with Gasteiger partial charge in [0.05, 0.1) is 6.04 Å². The number of ether oxygens (including phenoxy) is 1. The quantitative estimate of drug-likeness (QED) is 0.808. The minimum Gasteiger partial charge on any atom is -0.434 e. The molecule has 6 heteroatoms. The average Bonchev–Trinajstić information content (AvgIpc) is 2.43. The lowest BCUT2D eigenvalue weighted by Crippen LogP contribution is -2.44. The van der Waals surface area contributed by atoms with Gasteiger partial charge in [-0.15, -0.1) is 0 Å². The molecule has 1 aromatic rings. The van der Waals surface area contributed by atoms with Crippen molar-refractivity contribution in [2.24, 2.45) is 11.7 Å². The van der Waals surface area contributed by atoms with Crippen LogP contribution in [0.4, 0.5) is 8.78 Å². The summed E-state index contributed by atoms with van der Waals surface area (Å²) in [6.45, 7) is 1.04. The number of benzene rings is 1. The molecule has 1 rings (SSSR count). The van der Waals surface area contributed by atoms with Crippen LogP contribution in [0.25, 0.3) is 0 Å². The number of rotatable bonds is 7. The summed E-state index contributed by atoms with van der Waals surface area (Å²) in [6, 6.07) is 5.72. The summed E-state index contributed by atoms with van der Waals surface area (Å²) in [5, 5.41) is 2.64. The summed E-state index contributed by atoms with van der Waals surface area (Å²) in [5.74, 6) is -0.186. The Labute approximate surface area is 117 Å². The summed E-state index contributed by atoms with van der Waals surface area (Å²) < 4.78 is 28.9. The van der Waals surface area contributed by atoms with Crippen LogP contribution < -0.4 is 15.8 Å². The summed E-state index contributed by atoms with van der Waals surface area (Å²) in [7, 11) is 0. The summed E-state index contributed by atoms with van der Waals surface area (Å²) in [6.07, 6.45) is 0.791. The van der Waals surface area contributed by atoms with Crippen LogP contribution in [-0.4, -0.2) is 18.6 Å². The van der Waals surface area contributed by atoms with Gasteiger partial charge in [-0.25, -0.2) is 0 Å². The molecule has 0 unspecified atom stereocenters. The van der Waals surface area contributed by atoms with Gasteiger partial charge in [-0.1, -0.05) is 38.5 Å². The number of carbonyl (C=O) groups excluding carboxylic acids is 1. The minimum atomic E-state index is -2.89. The molecule has 0 fully saturated rings. The SMILES string of the molecule is CC[C@H](C)[C@H](N)C(=O)NCc1ccccc1OC(F)F. The molecule has 4 nitrogen and oxygen atoms in total. The zero-order chi connectivity index (χ0) is 15.1. The second-order valence-electron chi connectivity index (χ2n) is 4.62.